The molecule has 1 saturated carbocycles. The topological polar surface area (TPSA) is 68.0 Å². The normalized spacial score (nSPS) is 19.9. The van der Waals surface area contributed by atoms with Gasteiger partial charge in [-0.1, -0.05) is 19.3 Å². The Morgan fingerprint density at radius 3 is 2.68 bits per heavy atom. The van der Waals surface area contributed by atoms with Crippen molar-refractivity contribution in [2.45, 2.75) is 58.0 Å². The van der Waals surface area contributed by atoms with E-state index in [9.17, 15) is 4.79 Å². The number of carbonyl (C=O) groups excluding carboxylic acids is 1. The zero-order valence-electron chi connectivity index (χ0n) is 11.7. The number of thiazole rings is 1. The van der Waals surface area contributed by atoms with E-state index in [1.807, 2.05) is 6.92 Å². The van der Waals surface area contributed by atoms with Gasteiger partial charge >= 0.3 is 0 Å². The second-order valence-corrected chi connectivity index (χ2v) is 6.41. The van der Waals surface area contributed by atoms with Gasteiger partial charge in [0.25, 0.3) is 5.91 Å². The van der Waals surface area contributed by atoms with E-state index in [-0.39, 0.29) is 18.0 Å². The van der Waals surface area contributed by atoms with Crippen molar-refractivity contribution in [1.82, 2.24) is 10.3 Å². The predicted octanol–water partition coefficient (Wildman–Crippen LogP) is 2.86. The monoisotopic (exact) mass is 281 g/mol. The van der Waals surface area contributed by atoms with Gasteiger partial charge < -0.3 is 11.1 Å². The fraction of sp³-hybridized carbons (Fsp3) is 0.714. The molecule has 0 aliphatic heterocycles. The molecule has 0 spiro atoms. The fourth-order valence-corrected chi connectivity index (χ4v) is 3.39. The van der Waals surface area contributed by atoms with Crippen LogP contribution >= 0.6 is 11.3 Å². The zero-order valence-corrected chi connectivity index (χ0v) is 12.5. The van der Waals surface area contributed by atoms with E-state index in [1.165, 1.54) is 43.4 Å². The molecule has 1 aromatic rings. The number of carbonyl (C=O) groups is 1. The molecule has 19 heavy (non-hydrogen) atoms. The summed E-state index contributed by atoms with van der Waals surface area (Å²) in [6.45, 7) is 3.98. The van der Waals surface area contributed by atoms with Gasteiger partial charge in [-0.2, -0.15) is 0 Å². The van der Waals surface area contributed by atoms with E-state index >= 15 is 0 Å². The predicted molar refractivity (Wildman–Crippen MR) is 78.2 cm³/mol. The highest BCUT2D eigenvalue weighted by Crippen LogP contribution is 2.26. The lowest BCUT2D eigenvalue weighted by molar-refractivity contribution is 0.0914. The molecule has 1 aliphatic carbocycles. The van der Waals surface area contributed by atoms with Crippen molar-refractivity contribution < 1.29 is 4.79 Å². The number of rotatable bonds is 4. The van der Waals surface area contributed by atoms with Gasteiger partial charge in [0.15, 0.2) is 0 Å². The molecule has 2 unspecified atom stereocenters. The summed E-state index contributed by atoms with van der Waals surface area (Å²) >= 11 is 1.45. The molecule has 0 aromatic carbocycles. The molecular weight excluding hydrogens is 258 g/mol. The minimum Gasteiger partial charge on any atom is -0.348 e. The molecule has 0 bridgehead atoms. The Bertz CT molecular complexity index is 424. The van der Waals surface area contributed by atoms with Gasteiger partial charge in [-0.3, -0.25) is 4.79 Å². The molecule has 1 amide bonds. The van der Waals surface area contributed by atoms with Gasteiger partial charge in [0.05, 0.1) is 6.04 Å². The van der Waals surface area contributed by atoms with E-state index in [4.69, 9.17) is 5.73 Å². The molecule has 4 nitrogen and oxygen atoms in total. The molecule has 3 N–H and O–H groups in total. The highest BCUT2D eigenvalue weighted by Gasteiger charge is 2.22. The van der Waals surface area contributed by atoms with E-state index < -0.39 is 0 Å². The second kappa shape index (κ2) is 6.48. The Kier molecular flexibility index (Phi) is 4.93. The number of aromatic nitrogens is 1. The van der Waals surface area contributed by atoms with Crippen molar-refractivity contribution in [1.29, 1.82) is 0 Å². The highest BCUT2D eigenvalue weighted by atomic mass is 32.1. The maximum absolute atomic E-state index is 12.1. The van der Waals surface area contributed by atoms with Crippen molar-refractivity contribution in [3.63, 3.8) is 0 Å². The van der Waals surface area contributed by atoms with Crippen molar-refractivity contribution in [2.24, 2.45) is 11.7 Å². The van der Waals surface area contributed by atoms with Crippen LogP contribution in [0.25, 0.3) is 0 Å². The van der Waals surface area contributed by atoms with Crippen LogP contribution in [0.4, 0.5) is 0 Å². The molecular formula is C14H23N3OS. The summed E-state index contributed by atoms with van der Waals surface area (Å²) in [5.74, 6) is 0.547. The second-order valence-electron chi connectivity index (χ2n) is 5.52. The van der Waals surface area contributed by atoms with Crippen LogP contribution in [0.1, 0.15) is 67.5 Å². The van der Waals surface area contributed by atoms with Crippen LogP contribution in [0.3, 0.4) is 0 Å². The van der Waals surface area contributed by atoms with Gasteiger partial charge in [-0.25, -0.2) is 4.98 Å². The van der Waals surface area contributed by atoms with Crippen LogP contribution in [0.2, 0.25) is 0 Å². The minimum atomic E-state index is -0.109. The molecule has 106 valence electrons. The Labute approximate surface area is 118 Å². The lowest BCUT2D eigenvalue weighted by Crippen LogP contribution is -2.39. The Morgan fingerprint density at radius 2 is 2.11 bits per heavy atom. The average Bonchev–Trinajstić information content (AvgIpc) is 2.89. The third-order valence-corrected chi connectivity index (χ3v) is 4.91. The summed E-state index contributed by atoms with van der Waals surface area (Å²) in [5.41, 5.74) is 6.26. The van der Waals surface area contributed by atoms with E-state index in [1.54, 1.807) is 5.38 Å². The van der Waals surface area contributed by atoms with Crippen molar-refractivity contribution in [2.75, 3.05) is 0 Å². The maximum atomic E-state index is 12.1. The summed E-state index contributed by atoms with van der Waals surface area (Å²) in [4.78, 5) is 16.4. The summed E-state index contributed by atoms with van der Waals surface area (Å²) in [6.07, 6.45) is 6.36. The fourth-order valence-electron chi connectivity index (χ4n) is 2.63. The number of hydrogen-bond donors (Lipinski definition) is 2. The van der Waals surface area contributed by atoms with Gasteiger partial charge in [0.2, 0.25) is 0 Å². The number of nitrogens with two attached hydrogens (primary N) is 1. The van der Waals surface area contributed by atoms with Crippen LogP contribution in [-0.4, -0.2) is 16.9 Å². The molecule has 1 aliphatic rings. The SMILES string of the molecule is CC(N)c1nc(C(=O)NC(C)C2CCCCC2)cs1. The first-order valence-corrected chi connectivity index (χ1v) is 7.97. The maximum Gasteiger partial charge on any atom is 0.270 e. The molecule has 2 atom stereocenters. The molecule has 0 radical (unpaired) electrons. The van der Waals surface area contributed by atoms with Gasteiger partial charge in [-0.15, -0.1) is 11.3 Å². The minimum absolute atomic E-state index is 0.0683. The van der Waals surface area contributed by atoms with Gasteiger partial charge in [0.1, 0.15) is 10.7 Å². The third-order valence-electron chi connectivity index (χ3n) is 3.86. The Morgan fingerprint density at radius 1 is 1.42 bits per heavy atom. The molecule has 1 fully saturated rings. The summed E-state index contributed by atoms with van der Waals surface area (Å²) < 4.78 is 0. The average molecular weight is 281 g/mol. The number of nitrogens with zero attached hydrogens (tertiary/aromatic N) is 1. The highest BCUT2D eigenvalue weighted by molar-refractivity contribution is 7.09. The van der Waals surface area contributed by atoms with Crippen LogP contribution in [0.5, 0.6) is 0 Å². The van der Waals surface area contributed by atoms with Crippen LogP contribution in [0, 0.1) is 5.92 Å². The summed E-state index contributed by atoms with van der Waals surface area (Å²) in [7, 11) is 0. The number of nitrogens with one attached hydrogen (secondary N) is 1. The van der Waals surface area contributed by atoms with Crippen molar-refractivity contribution >= 4 is 17.2 Å². The Hall–Kier alpha value is -0.940. The Balaban J connectivity index is 1.91. The standard InChI is InChI=1S/C14H23N3OS/c1-9(15)14-17-12(8-19-14)13(18)16-10(2)11-6-4-3-5-7-11/h8-11H,3-7,15H2,1-2H3,(H,16,18). The van der Waals surface area contributed by atoms with Crippen LogP contribution < -0.4 is 11.1 Å². The number of amides is 1. The summed E-state index contributed by atoms with van der Waals surface area (Å²) in [6, 6.07) is 0.121. The zero-order chi connectivity index (χ0) is 13.8. The van der Waals surface area contributed by atoms with Crippen molar-refractivity contribution in [3.8, 4) is 0 Å². The lowest BCUT2D eigenvalue weighted by Gasteiger charge is -2.28. The van der Waals surface area contributed by atoms with Crippen LogP contribution in [0.15, 0.2) is 5.38 Å². The quantitative estimate of drug-likeness (QED) is 0.891. The van der Waals surface area contributed by atoms with Crippen LogP contribution in [-0.2, 0) is 0 Å². The first kappa shape index (κ1) is 14.5. The van der Waals surface area contributed by atoms with Crippen molar-refractivity contribution in [3.05, 3.63) is 16.1 Å². The van der Waals surface area contributed by atoms with Gasteiger partial charge in [0, 0.05) is 11.4 Å². The third kappa shape index (κ3) is 3.76. The summed E-state index contributed by atoms with van der Waals surface area (Å²) in [5, 5.41) is 5.69. The first-order chi connectivity index (χ1) is 9.08. The molecule has 5 heteroatoms. The van der Waals surface area contributed by atoms with Gasteiger partial charge in [-0.05, 0) is 32.6 Å². The molecule has 1 heterocycles. The van der Waals surface area contributed by atoms with E-state index in [2.05, 4.69) is 17.2 Å². The molecule has 0 saturated heterocycles. The number of hydrogen-bond acceptors (Lipinski definition) is 4. The van der Waals surface area contributed by atoms with E-state index in [0.717, 1.165) is 5.01 Å². The largest absolute Gasteiger partial charge is 0.348 e. The van der Waals surface area contributed by atoms with E-state index in [0.29, 0.717) is 11.6 Å². The lowest BCUT2D eigenvalue weighted by atomic mass is 9.84. The first-order valence-electron chi connectivity index (χ1n) is 7.10. The molecule has 2 rings (SSSR count). The molecule has 1 aromatic heterocycles. The smallest absolute Gasteiger partial charge is 0.270 e.